The van der Waals surface area contributed by atoms with Gasteiger partial charge >= 0.3 is 5.97 Å². The Morgan fingerprint density at radius 2 is 1.80 bits per heavy atom. The number of carboxylic acid groups (broad SMARTS) is 1. The Morgan fingerprint density at radius 1 is 1.27 bits per heavy atom. The number of hydrogen-bond donors (Lipinski definition) is 2. The fourth-order valence-corrected chi connectivity index (χ4v) is 1.66. The molecular weight excluding hydrogens is 194 g/mol. The van der Waals surface area contributed by atoms with Gasteiger partial charge in [0.25, 0.3) is 0 Å². The molecular formula is C11H21NO3. The number of amides is 1. The van der Waals surface area contributed by atoms with Gasteiger partial charge in [-0.05, 0) is 5.92 Å². The number of hydrogen-bond acceptors (Lipinski definition) is 2. The summed E-state index contributed by atoms with van der Waals surface area (Å²) in [7, 11) is 0. The van der Waals surface area contributed by atoms with E-state index in [-0.39, 0.29) is 24.8 Å². The van der Waals surface area contributed by atoms with Crippen LogP contribution in [-0.4, -0.2) is 23.5 Å². The Balaban J connectivity index is 3.92. The monoisotopic (exact) mass is 215 g/mol. The molecule has 1 atom stereocenters. The number of nitrogens with one attached hydrogen (secondary N) is 1. The quantitative estimate of drug-likeness (QED) is 0.678. The topological polar surface area (TPSA) is 66.4 Å². The van der Waals surface area contributed by atoms with Crippen molar-refractivity contribution >= 4 is 11.9 Å². The molecule has 0 rings (SSSR count). The highest BCUT2D eigenvalue weighted by atomic mass is 16.4. The molecule has 1 amide bonds. The van der Waals surface area contributed by atoms with Crippen molar-refractivity contribution in [1.29, 1.82) is 0 Å². The molecule has 0 aromatic rings. The van der Waals surface area contributed by atoms with Crippen LogP contribution in [0.2, 0.25) is 0 Å². The standard InChI is InChI=1S/C11H21NO3/c1-4-9(5-2)8(3)11(15)12-7-6-10(13)14/h8-9H,4-7H2,1-3H3,(H,12,15)(H,13,14). The van der Waals surface area contributed by atoms with Gasteiger partial charge in [-0.15, -0.1) is 0 Å². The van der Waals surface area contributed by atoms with E-state index < -0.39 is 5.97 Å². The van der Waals surface area contributed by atoms with E-state index in [1.165, 1.54) is 0 Å². The predicted molar refractivity (Wildman–Crippen MR) is 58.5 cm³/mol. The van der Waals surface area contributed by atoms with Gasteiger partial charge in [0.15, 0.2) is 0 Å². The van der Waals surface area contributed by atoms with Gasteiger partial charge in [-0.25, -0.2) is 0 Å². The molecule has 0 saturated carbocycles. The lowest BCUT2D eigenvalue weighted by Crippen LogP contribution is -2.34. The van der Waals surface area contributed by atoms with Crippen LogP contribution in [0.3, 0.4) is 0 Å². The van der Waals surface area contributed by atoms with Gasteiger partial charge in [0, 0.05) is 12.5 Å². The number of carbonyl (C=O) groups is 2. The van der Waals surface area contributed by atoms with Crippen molar-refractivity contribution in [2.75, 3.05) is 6.54 Å². The smallest absolute Gasteiger partial charge is 0.305 e. The van der Waals surface area contributed by atoms with Gasteiger partial charge in [-0.3, -0.25) is 9.59 Å². The first-order valence-corrected chi connectivity index (χ1v) is 5.52. The zero-order valence-electron chi connectivity index (χ0n) is 9.75. The number of rotatable bonds is 7. The van der Waals surface area contributed by atoms with Gasteiger partial charge in [0.1, 0.15) is 0 Å². The lowest BCUT2D eigenvalue weighted by molar-refractivity contribution is -0.137. The summed E-state index contributed by atoms with van der Waals surface area (Å²) in [6.07, 6.45) is 1.94. The number of carboxylic acids is 1. The minimum Gasteiger partial charge on any atom is -0.481 e. The molecule has 0 bridgehead atoms. The fourth-order valence-electron chi connectivity index (χ4n) is 1.66. The van der Waals surface area contributed by atoms with Crippen LogP contribution in [0.25, 0.3) is 0 Å². The van der Waals surface area contributed by atoms with Crippen LogP contribution in [0.4, 0.5) is 0 Å². The third kappa shape index (κ3) is 5.40. The molecule has 15 heavy (non-hydrogen) atoms. The normalized spacial score (nSPS) is 12.5. The van der Waals surface area contributed by atoms with Gasteiger partial charge in [-0.2, -0.15) is 0 Å². The van der Waals surface area contributed by atoms with Crippen LogP contribution in [0.1, 0.15) is 40.0 Å². The van der Waals surface area contributed by atoms with Crippen molar-refractivity contribution in [2.45, 2.75) is 40.0 Å². The summed E-state index contributed by atoms with van der Waals surface area (Å²) in [6.45, 7) is 6.25. The van der Waals surface area contributed by atoms with Crippen molar-refractivity contribution in [3.05, 3.63) is 0 Å². The van der Waals surface area contributed by atoms with E-state index in [0.717, 1.165) is 12.8 Å². The van der Waals surface area contributed by atoms with E-state index in [9.17, 15) is 9.59 Å². The van der Waals surface area contributed by atoms with E-state index in [4.69, 9.17) is 5.11 Å². The van der Waals surface area contributed by atoms with Crippen molar-refractivity contribution in [3.63, 3.8) is 0 Å². The Labute approximate surface area is 91.1 Å². The third-order valence-corrected chi connectivity index (χ3v) is 2.81. The Morgan fingerprint density at radius 3 is 2.20 bits per heavy atom. The van der Waals surface area contributed by atoms with Gasteiger partial charge < -0.3 is 10.4 Å². The minimum atomic E-state index is -0.884. The number of aliphatic carboxylic acids is 1. The predicted octanol–water partition coefficient (Wildman–Crippen LogP) is 1.65. The molecule has 2 N–H and O–H groups in total. The summed E-state index contributed by atoms with van der Waals surface area (Å²) in [5.74, 6) is -0.570. The molecule has 0 spiro atoms. The SMILES string of the molecule is CCC(CC)C(C)C(=O)NCCC(=O)O. The largest absolute Gasteiger partial charge is 0.481 e. The molecule has 0 aliphatic carbocycles. The summed E-state index contributed by atoms with van der Waals surface area (Å²) in [4.78, 5) is 21.8. The molecule has 0 aromatic heterocycles. The number of carbonyl (C=O) groups excluding carboxylic acids is 1. The van der Waals surface area contributed by atoms with Crippen LogP contribution < -0.4 is 5.32 Å². The maximum absolute atomic E-state index is 11.6. The molecule has 0 saturated heterocycles. The van der Waals surface area contributed by atoms with E-state index >= 15 is 0 Å². The van der Waals surface area contributed by atoms with Gasteiger partial charge in [-0.1, -0.05) is 33.6 Å². The summed E-state index contributed by atoms with van der Waals surface area (Å²) in [6, 6.07) is 0. The lowest BCUT2D eigenvalue weighted by atomic mass is 9.89. The summed E-state index contributed by atoms with van der Waals surface area (Å²) >= 11 is 0. The minimum absolute atomic E-state index is 0.0125. The molecule has 0 aliphatic heterocycles. The van der Waals surface area contributed by atoms with E-state index in [1.807, 2.05) is 6.92 Å². The summed E-state index contributed by atoms with van der Waals surface area (Å²) < 4.78 is 0. The molecule has 0 aromatic carbocycles. The van der Waals surface area contributed by atoms with Crippen molar-refractivity contribution in [3.8, 4) is 0 Å². The molecule has 0 radical (unpaired) electrons. The zero-order chi connectivity index (χ0) is 11.8. The van der Waals surface area contributed by atoms with Crippen LogP contribution >= 0.6 is 0 Å². The second-order valence-corrected chi connectivity index (χ2v) is 3.80. The fraction of sp³-hybridized carbons (Fsp3) is 0.818. The molecule has 88 valence electrons. The van der Waals surface area contributed by atoms with Crippen LogP contribution in [0.5, 0.6) is 0 Å². The second kappa shape index (κ2) is 7.26. The first kappa shape index (κ1) is 13.9. The second-order valence-electron chi connectivity index (χ2n) is 3.80. The first-order chi connectivity index (χ1) is 7.02. The first-order valence-electron chi connectivity index (χ1n) is 5.52. The van der Waals surface area contributed by atoms with Crippen molar-refractivity contribution in [2.24, 2.45) is 11.8 Å². The zero-order valence-corrected chi connectivity index (χ0v) is 9.75. The molecule has 4 heteroatoms. The van der Waals surface area contributed by atoms with Crippen LogP contribution in [-0.2, 0) is 9.59 Å². The highest BCUT2D eigenvalue weighted by molar-refractivity contribution is 5.79. The van der Waals surface area contributed by atoms with Gasteiger partial charge in [0.2, 0.25) is 5.91 Å². The highest BCUT2D eigenvalue weighted by Crippen LogP contribution is 2.18. The van der Waals surface area contributed by atoms with E-state index in [1.54, 1.807) is 0 Å². The van der Waals surface area contributed by atoms with Crippen LogP contribution in [0, 0.1) is 11.8 Å². The molecule has 0 aliphatic rings. The lowest BCUT2D eigenvalue weighted by Gasteiger charge is -2.20. The van der Waals surface area contributed by atoms with Crippen molar-refractivity contribution < 1.29 is 14.7 Å². The Bertz CT molecular complexity index is 212. The highest BCUT2D eigenvalue weighted by Gasteiger charge is 2.20. The van der Waals surface area contributed by atoms with E-state index in [2.05, 4.69) is 19.2 Å². The van der Waals surface area contributed by atoms with Gasteiger partial charge in [0.05, 0.1) is 6.42 Å². The van der Waals surface area contributed by atoms with E-state index in [0.29, 0.717) is 5.92 Å². The summed E-state index contributed by atoms with van der Waals surface area (Å²) in [5.41, 5.74) is 0. The van der Waals surface area contributed by atoms with Crippen LogP contribution in [0.15, 0.2) is 0 Å². The van der Waals surface area contributed by atoms with Crippen molar-refractivity contribution in [1.82, 2.24) is 5.32 Å². The Hall–Kier alpha value is -1.06. The average Bonchev–Trinajstić information content (AvgIpc) is 2.18. The average molecular weight is 215 g/mol. The summed E-state index contributed by atoms with van der Waals surface area (Å²) in [5, 5.41) is 11.1. The molecule has 0 fully saturated rings. The molecule has 0 heterocycles. The molecule has 1 unspecified atom stereocenters. The maximum Gasteiger partial charge on any atom is 0.305 e. The maximum atomic E-state index is 11.6. The Kier molecular flexibility index (Phi) is 6.75. The molecule has 4 nitrogen and oxygen atoms in total. The third-order valence-electron chi connectivity index (χ3n) is 2.81.